The summed E-state index contributed by atoms with van der Waals surface area (Å²) in [7, 11) is 0. The zero-order valence-electron chi connectivity index (χ0n) is 14.1. The van der Waals surface area contributed by atoms with Crippen LogP contribution in [0.15, 0.2) is 30.5 Å². The number of nitrogens with zero attached hydrogens (tertiary/aromatic N) is 3. The molecule has 3 rings (SSSR count). The Morgan fingerprint density at radius 1 is 1.04 bits per heavy atom. The molecule has 2 aromatic rings. The Kier molecular flexibility index (Phi) is 4.46. The molecule has 1 saturated carbocycles. The van der Waals surface area contributed by atoms with Gasteiger partial charge in [0.05, 0.1) is 6.20 Å². The lowest BCUT2D eigenvalue weighted by Gasteiger charge is -2.19. The molecule has 1 aliphatic rings. The van der Waals surface area contributed by atoms with E-state index in [9.17, 15) is 0 Å². The minimum absolute atomic E-state index is 0.154. The smallest absolute Gasteiger partial charge is 0.249 e. The van der Waals surface area contributed by atoms with E-state index in [0.29, 0.717) is 12.0 Å². The molecule has 1 aromatic heterocycles. The summed E-state index contributed by atoms with van der Waals surface area (Å²) in [6.07, 6.45) is 6.69. The van der Waals surface area contributed by atoms with Gasteiger partial charge in [-0.25, -0.2) is 0 Å². The molecule has 0 spiro atoms. The Morgan fingerprint density at radius 3 is 2.39 bits per heavy atom. The molecule has 1 aromatic carbocycles. The summed E-state index contributed by atoms with van der Waals surface area (Å²) in [4.78, 5) is 4.51. The molecule has 1 fully saturated rings. The topological polar surface area (TPSA) is 62.7 Å². The van der Waals surface area contributed by atoms with Crippen molar-refractivity contribution in [1.82, 2.24) is 15.2 Å². The fourth-order valence-corrected chi connectivity index (χ4v) is 2.89. The second-order valence-corrected chi connectivity index (χ2v) is 7.24. The molecule has 0 unspecified atom stereocenters. The number of aromatic nitrogens is 3. The number of nitrogens with one attached hydrogen (secondary N) is 2. The maximum absolute atomic E-state index is 4.51. The first kappa shape index (κ1) is 15.7. The van der Waals surface area contributed by atoms with Gasteiger partial charge >= 0.3 is 0 Å². The van der Waals surface area contributed by atoms with Crippen LogP contribution in [0, 0.1) is 0 Å². The number of rotatable bonds is 4. The molecule has 122 valence electrons. The van der Waals surface area contributed by atoms with Crippen molar-refractivity contribution < 1.29 is 0 Å². The predicted octanol–water partition coefficient (Wildman–Crippen LogP) is 4.27. The molecule has 23 heavy (non-hydrogen) atoms. The zero-order chi connectivity index (χ0) is 16.3. The van der Waals surface area contributed by atoms with Gasteiger partial charge in [0.1, 0.15) is 0 Å². The molecule has 2 N–H and O–H groups in total. The van der Waals surface area contributed by atoms with Gasteiger partial charge in [-0.15, -0.1) is 5.10 Å². The van der Waals surface area contributed by atoms with E-state index in [1.165, 1.54) is 31.2 Å². The van der Waals surface area contributed by atoms with Gasteiger partial charge in [-0.05, 0) is 36.0 Å². The Bertz CT molecular complexity index is 639. The van der Waals surface area contributed by atoms with Crippen molar-refractivity contribution in [3.05, 3.63) is 36.0 Å². The summed E-state index contributed by atoms with van der Waals surface area (Å²) in [6, 6.07) is 8.90. The Morgan fingerprint density at radius 2 is 1.74 bits per heavy atom. The zero-order valence-corrected chi connectivity index (χ0v) is 14.1. The summed E-state index contributed by atoms with van der Waals surface area (Å²) < 4.78 is 0. The van der Waals surface area contributed by atoms with Crippen LogP contribution >= 0.6 is 0 Å². The largest absolute Gasteiger partial charge is 0.366 e. The summed E-state index contributed by atoms with van der Waals surface area (Å²) in [6.45, 7) is 6.63. The van der Waals surface area contributed by atoms with Crippen LogP contribution in [0.25, 0.3) is 0 Å². The van der Waals surface area contributed by atoms with Gasteiger partial charge in [-0.3, -0.25) is 0 Å². The lowest BCUT2D eigenvalue weighted by Crippen LogP contribution is -2.16. The van der Waals surface area contributed by atoms with Crippen LogP contribution in [0.5, 0.6) is 0 Å². The quantitative estimate of drug-likeness (QED) is 0.883. The number of benzene rings is 1. The van der Waals surface area contributed by atoms with Crippen molar-refractivity contribution in [2.75, 3.05) is 10.6 Å². The Labute approximate surface area is 137 Å². The third kappa shape index (κ3) is 4.18. The van der Waals surface area contributed by atoms with Gasteiger partial charge in [0.25, 0.3) is 0 Å². The van der Waals surface area contributed by atoms with Crippen LogP contribution in [-0.2, 0) is 5.41 Å². The lowest BCUT2D eigenvalue weighted by atomic mass is 9.87. The van der Waals surface area contributed by atoms with E-state index < -0.39 is 0 Å². The fourth-order valence-electron chi connectivity index (χ4n) is 2.89. The summed E-state index contributed by atoms with van der Waals surface area (Å²) >= 11 is 0. The highest BCUT2D eigenvalue weighted by Gasteiger charge is 2.16. The maximum atomic E-state index is 4.51. The minimum Gasteiger partial charge on any atom is -0.366 e. The molecule has 5 nitrogen and oxygen atoms in total. The summed E-state index contributed by atoms with van der Waals surface area (Å²) in [5, 5.41) is 14.8. The average molecular weight is 311 g/mol. The molecule has 0 atom stereocenters. The van der Waals surface area contributed by atoms with Gasteiger partial charge in [-0.1, -0.05) is 45.7 Å². The third-order valence-electron chi connectivity index (χ3n) is 4.27. The summed E-state index contributed by atoms with van der Waals surface area (Å²) in [5.41, 5.74) is 2.43. The highest BCUT2D eigenvalue weighted by molar-refractivity contribution is 5.55. The van der Waals surface area contributed by atoms with Gasteiger partial charge in [-0.2, -0.15) is 10.1 Å². The van der Waals surface area contributed by atoms with Gasteiger partial charge in [0.2, 0.25) is 5.95 Å². The lowest BCUT2D eigenvalue weighted by molar-refractivity contribution is 0.590. The van der Waals surface area contributed by atoms with Crippen molar-refractivity contribution in [3.8, 4) is 0 Å². The SMILES string of the molecule is CC(C)(C)c1ccc(Nc2nncc(NC3CCCC3)n2)cc1. The van der Waals surface area contributed by atoms with Gasteiger partial charge < -0.3 is 10.6 Å². The van der Waals surface area contributed by atoms with E-state index >= 15 is 0 Å². The highest BCUT2D eigenvalue weighted by atomic mass is 15.3. The number of anilines is 3. The third-order valence-corrected chi connectivity index (χ3v) is 4.27. The van der Waals surface area contributed by atoms with Crippen LogP contribution in [0.1, 0.15) is 52.0 Å². The van der Waals surface area contributed by atoms with Crippen molar-refractivity contribution in [2.24, 2.45) is 0 Å². The van der Waals surface area contributed by atoms with Gasteiger partial charge in [0, 0.05) is 11.7 Å². The maximum Gasteiger partial charge on any atom is 0.249 e. The number of hydrogen-bond acceptors (Lipinski definition) is 5. The average Bonchev–Trinajstić information content (AvgIpc) is 3.00. The number of hydrogen-bond donors (Lipinski definition) is 2. The molecule has 1 aliphatic carbocycles. The summed E-state index contributed by atoms with van der Waals surface area (Å²) in [5.74, 6) is 1.32. The molecule has 0 aliphatic heterocycles. The van der Waals surface area contributed by atoms with E-state index in [1.807, 2.05) is 0 Å². The van der Waals surface area contributed by atoms with E-state index in [4.69, 9.17) is 0 Å². The monoisotopic (exact) mass is 311 g/mol. The first-order valence-electron chi connectivity index (χ1n) is 8.34. The standard InChI is InChI=1S/C18H25N5/c1-18(2,3)13-8-10-15(11-9-13)21-17-22-16(12-19-23-17)20-14-6-4-5-7-14/h8-12,14H,4-7H2,1-3H3,(H2,20,21,22,23). The van der Waals surface area contributed by atoms with E-state index in [0.717, 1.165) is 11.5 Å². The molecule has 1 heterocycles. The molecule has 0 saturated heterocycles. The van der Waals surface area contributed by atoms with E-state index in [-0.39, 0.29) is 5.41 Å². The second-order valence-electron chi connectivity index (χ2n) is 7.24. The predicted molar refractivity (Wildman–Crippen MR) is 94.1 cm³/mol. The molecular weight excluding hydrogens is 286 g/mol. The first-order valence-corrected chi connectivity index (χ1v) is 8.34. The van der Waals surface area contributed by atoms with Crippen LogP contribution in [-0.4, -0.2) is 21.2 Å². The molecule has 0 radical (unpaired) electrons. The first-order chi connectivity index (χ1) is 11.0. The van der Waals surface area contributed by atoms with E-state index in [2.05, 4.69) is 70.9 Å². The molecule has 5 heteroatoms. The molecule has 0 amide bonds. The fraction of sp³-hybridized carbons (Fsp3) is 0.500. The Hall–Kier alpha value is -2.17. The van der Waals surface area contributed by atoms with Crippen molar-refractivity contribution >= 4 is 17.5 Å². The molecular formula is C18H25N5. The van der Waals surface area contributed by atoms with Gasteiger partial charge in [0.15, 0.2) is 5.82 Å². The molecule has 0 bridgehead atoms. The Balaban J connectivity index is 1.67. The van der Waals surface area contributed by atoms with Crippen molar-refractivity contribution in [2.45, 2.75) is 57.9 Å². The second kappa shape index (κ2) is 6.52. The normalized spacial score (nSPS) is 15.6. The van der Waals surface area contributed by atoms with Crippen molar-refractivity contribution in [3.63, 3.8) is 0 Å². The van der Waals surface area contributed by atoms with Crippen LogP contribution in [0.4, 0.5) is 17.5 Å². The van der Waals surface area contributed by atoms with Crippen molar-refractivity contribution in [1.29, 1.82) is 0 Å². The van der Waals surface area contributed by atoms with Crippen LogP contribution < -0.4 is 10.6 Å². The minimum atomic E-state index is 0.154. The van der Waals surface area contributed by atoms with Crippen LogP contribution in [0.2, 0.25) is 0 Å². The van der Waals surface area contributed by atoms with E-state index in [1.54, 1.807) is 6.20 Å². The highest BCUT2D eigenvalue weighted by Crippen LogP contribution is 2.25. The van der Waals surface area contributed by atoms with Crippen LogP contribution in [0.3, 0.4) is 0 Å².